The number of nitrogens with one attached hydrogen (secondary N) is 3. The highest BCUT2D eigenvalue weighted by molar-refractivity contribution is 5.73. The van der Waals surface area contributed by atoms with Gasteiger partial charge in [-0.15, -0.1) is 0 Å². The molecule has 0 saturated heterocycles. The number of carbonyl (C=O) groups excluding carboxylic acids is 1. The molecule has 1 aliphatic carbocycles. The Balaban J connectivity index is 1.47. The van der Waals surface area contributed by atoms with Crippen LogP contribution >= 0.6 is 0 Å². The molecule has 0 spiro atoms. The lowest BCUT2D eigenvalue weighted by molar-refractivity contribution is 0.131. The molecule has 3 rings (SSSR count). The van der Waals surface area contributed by atoms with Crippen LogP contribution in [-0.4, -0.2) is 22.8 Å². The Bertz CT molecular complexity index is 590. The summed E-state index contributed by atoms with van der Waals surface area (Å²) in [7, 11) is 0. The maximum atomic E-state index is 11.9. The number of aromatic nitrogens is 2. The normalized spacial score (nSPS) is 15.8. The van der Waals surface area contributed by atoms with Crippen molar-refractivity contribution >= 4 is 6.03 Å². The number of nitrogens with zero attached hydrogens (tertiary/aromatic N) is 1. The first-order valence-electron chi connectivity index (χ1n) is 7.80. The van der Waals surface area contributed by atoms with Crippen LogP contribution in [0.1, 0.15) is 30.5 Å². The lowest BCUT2D eigenvalue weighted by Gasteiger charge is -2.42. The summed E-state index contributed by atoms with van der Waals surface area (Å²) in [6, 6.07) is 12.3. The van der Waals surface area contributed by atoms with E-state index < -0.39 is 0 Å². The summed E-state index contributed by atoms with van der Waals surface area (Å²) in [5.41, 5.74) is 2.48. The average Bonchev–Trinajstić information content (AvgIpc) is 3.02. The molecule has 5 nitrogen and oxygen atoms in total. The molecule has 1 aromatic heterocycles. The number of benzene rings is 1. The highest BCUT2D eigenvalue weighted by Gasteiger charge is 2.37. The van der Waals surface area contributed by atoms with Crippen LogP contribution in [0.2, 0.25) is 0 Å². The van der Waals surface area contributed by atoms with Crippen LogP contribution in [-0.2, 0) is 13.0 Å². The third kappa shape index (κ3) is 3.67. The van der Waals surface area contributed by atoms with E-state index in [0.29, 0.717) is 6.54 Å². The lowest BCUT2D eigenvalue weighted by Crippen LogP contribution is -2.46. The van der Waals surface area contributed by atoms with Gasteiger partial charge in [0.25, 0.3) is 0 Å². The molecule has 0 radical (unpaired) electrons. The van der Waals surface area contributed by atoms with Crippen molar-refractivity contribution < 1.29 is 4.79 Å². The Hall–Kier alpha value is -2.30. The number of hydrogen-bond acceptors (Lipinski definition) is 2. The van der Waals surface area contributed by atoms with Crippen molar-refractivity contribution in [2.24, 2.45) is 5.41 Å². The van der Waals surface area contributed by atoms with Gasteiger partial charge in [0.2, 0.25) is 0 Å². The average molecular weight is 298 g/mol. The van der Waals surface area contributed by atoms with E-state index in [2.05, 4.69) is 45.1 Å². The number of carbonyl (C=O) groups is 1. The first-order chi connectivity index (χ1) is 10.8. The van der Waals surface area contributed by atoms with Gasteiger partial charge in [-0.25, -0.2) is 4.79 Å². The van der Waals surface area contributed by atoms with Gasteiger partial charge < -0.3 is 10.6 Å². The van der Waals surface area contributed by atoms with Gasteiger partial charge >= 0.3 is 6.03 Å². The molecule has 1 aromatic carbocycles. The molecule has 2 amide bonds. The van der Waals surface area contributed by atoms with E-state index in [1.807, 2.05) is 12.1 Å². The van der Waals surface area contributed by atoms with Gasteiger partial charge in [0.15, 0.2) is 0 Å². The Morgan fingerprint density at radius 2 is 2.00 bits per heavy atom. The molecular formula is C17H22N4O. The van der Waals surface area contributed by atoms with Crippen LogP contribution in [0, 0.1) is 5.41 Å². The highest BCUT2D eigenvalue weighted by Crippen LogP contribution is 2.43. The first kappa shape index (κ1) is 14.6. The number of urea groups is 1. The SMILES string of the molecule is O=C(NCc1ccn[nH]1)NCC1(Cc2ccccc2)CCC1. The van der Waals surface area contributed by atoms with Gasteiger partial charge in [-0.2, -0.15) is 5.10 Å². The fourth-order valence-corrected chi connectivity index (χ4v) is 3.01. The van der Waals surface area contributed by atoms with E-state index in [0.717, 1.165) is 18.7 Å². The molecule has 22 heavy (non-hydrogen) atoms. The van der Waals surface area contributed by atoms with Crippen molar-refractivity contribution in [1.82, 2.24) is 20.8 Å². The summed E-state index contributed by atoms with van der Waals surface area (Å²) in [6.45, 7) is 1.20. The smallest absolute Gasteiger partial charge is 0.315 e. The van der Waals surface area contributed by atoms with Crippen molar-refractivity contribution in [3.05, 3.63) is 53.9 Å². The summed E-state index contributed by atoms with van der Waals surface area (Å²) < 4.78 is 0. The van der Waals surface area contributed by atoms with Crippen molar-refractivity contribution in [2.45, 2.75) is 32.2 Å². The van der Waals surface area contributed by atoms with Gasteiger partial charge in [-0.05, 0) is 36.3 Å². The summed E-state index contributed by atoms with van der Waals surface area (Å²) in [6.07, 6.45) is 6.34. The van der Waals surface area contributed by atoms with Gasteiger partial charge in [0.05, 0.1) is 12.2 Å². The van der Waals surface area contributed by atoms with Crippen LogP contribution in [0.3, 0.4) is 0 Å². The Morgan fingerprint density at radius 3 is 2.64 bits per heavy atom. The number of rotatable bonds is 6. The first-order valence-corrected chi connectivity index (χ1v) is 7.80. The molecule has 3 N–H and O–H groups in total. The van der Waals surface area contributed by atoms with E-state index in [1.165, 1.54) is 24.8 Å². The van der Waals surface area contributed by atoms with Crippen LogP contribution in [0.4, 0.5) is 4.79 Å². The molecule has 1 fully saturated rings. The van der Waals surface area contributed by atoms with E-state index in [-0.39, 0.29) is 11.4 Å². The van der Waals surface area contributed by atoms with Gasteiger partial charge in [0, 0.05) is 12.7 Å². The Labute approximate surface area is 130 Å². The molecule has 1 heterocycles. The van der Waals surface area contributed by atoms with Crippen molar-refractivity contribution in [2.75, 3.05) is 6.54 Å². The fraction of sp³-hybridized carbons (Fsp3) is 0.412. The largest absolute Gasteiger partial charge is 0.338 e. The predicted octanol–water partition coefficient (Wildman–Crippen LogP) is 2.62. The van der Waals surface area contributed by atoms with Gasteiger partial charge in [-0.3, -0.25) is 5.10 Å². The van der Waals surface area contributed by atoms with Crippen molar-refractivity contribution in [1.29, 1.82) is 0 Å². The maximum Gasteiger partial charge on any atom is 0.315 e. The minimum absolute atomic E-state index is 0.117. The van der Waals surface area contributed by atoms with E-state index in [9.17, 15) is 4.79 Å². The minimum Gasteiger partial charge on any atom is -0.338 e. The van der Waals surface area contributed by atoms with Gasteiger partial charge in [-0.1, -0.05) is 36.8 Å². The topological polar surface area (TPSA) is 69.8 Å². The molecular weight excluding hydrogens is 276 g/mol. The van der Waals surface area contributed by atoms with Crippen LogP contribution in [0.5, 0.6) is 0 Å². The molecule has 2 aromatic rings. The zero-order chi connectivity index (χ0) is 15.3. The van der Waals surface area contributed by atoms with Gasteiger partial charge in [0.1, 0.15) is 0 Å². The molecule has 0 bridgehead atoms. The Morgan fingerprint density at radius 1 is 1.18 bits per heavy atom. The van der Waals surface area contributed by atoms with Crippen molar-refractivity contribution in [3.63, 3.8) is 0 Å². The van der Waals surface area contributed by atoms with Crippen LogP contribution < -0.4 is 10.6 Å². The number of amides is 2. The molecule has 0 aliphatic heterocycles. The van der Waals surface area contributed by atoms with Crippen molar-refractivity contribution in [3.8, 4) is 0 Å². The zero-order valence-electron chi connectivity index (χ0n) is 12.6. The second-order valence-corrected chi connectivity index (χ2v) is 6.13. The van der Waals surface area contributed by atoms with Crippen LogP contribution in [0.15, 0.2) is 42.6 Å². The summed E-state index contributed by atoms with van der Waals surface area (Å²) in [4.78, 5) is 11.9. The predicted molar refractivity (Wildman–Crippen MR) is 85.3 cm³/mol. The molecule has 1 aliphatic rings. The molecule has 0 atom stereocenters. The Kier molecular flexibility index (Phi) is 4.42. The number of H-pyrrole nitrogens is 1. The maximum absolute atomic E-state index is 11.9. The fourth-order valence-electron chi connectivity index (χ4n) is 3.01. The third-order valence-electron chi connectivity index (χ3n) is 4.46. The highest BCUT2D eigenvalue weighted by atomic mass is 16.2. The monoisotopic (exact) mass is 298 g/mol. The zero-order valence-corrected chi connectivity index (χ0v) is 12.6. The lowest BCUT2D eigenvalue weighted by atomic mass is 9.65. The molecule has 1 saturated carbocycles. The summed E-state index contributed by atoms with van der Waals surface area (Å²) >= 11 is 0. The minimum atomic E-state index is -0.117. The van der Waals surface area contributed by atoms with E-state index in [4.69, 9.17) is 0 Å². The second-order valence-electron chi connectivity index (χ2n) is 6.13. The summed E-state index contributed by atoms with van der Waals surface area (Å²) in [5.74, 6) is 0. The third-order valence-corrected chi connectivity index (χ3v) is 4.46. The van der Waals surface area contributed by atoms with E-state index in [1.54, 1.807) is 6.20 Å². The molecule has 0 unspecified atom stereocenters. The second kappa shape index (κ2) is 6.64. The quantitative estimate of drug-likeness (QED) is 0.767. The number of aromatic amines is 1. The van der Waals surface area contributed by atoms with Crippen LogP contribution in [0.25, 0.3) is 0 Å². The number of hydrogen-bond donors (Lipinski definition) is 3. The standard InChI is InChI=1S/C17H22N4O/c22-16(18-12-15-7-10-20-21-15)19-13-17(8-4-9-17)11-14-5-2-1-3-6-14/h1-3,5-7,10H,4,8-9,11-13H2,(H,20,21)(H2,18,19,22). The molecule has 5 heteroatoms. The molecule has 116 valence electrons. The summed E-state index contributed by atoms with van der Waals surface area (Å²) in [5, 5.41) is 12.6. The van der Waals surface area contributed by atoms with E-state index >= 15 is 0 Å².